The van der Waals surface area contributed by atoms with Crippen molar-refractivity contribution in [3.8, 4) is 0 Å². The van der Waals surface area contributed by atoms with Gasteiger partial charge >= 0.3 is 0 Å². The lowest BCUT2D eigenvalue weighted by atomic mass is 10.2. The third-order valence-electron chi connectivity index (χ3n) is 1.63. The Hall–Kier alpha value is -0.840. The van der Waals surface area contributed by atoms with Gasteiger partial charge < -0.3 is 10.7 Å². The fraction of sp³-hybridized carbons (Fsp3) is 0.143. The summed E-state index contributed by atoms with van der Waals surface area (Å²) in [6.45, 7) is 0.515. The lowest BCUT2D eigenvalue weighted by molar-refractivity contribution is 1.07. The number of halogens is 2. The molecule has 6 heteroatoms. The third kappa shape index (κ3) is 2.09. The number of fused-ring (bicyclic) bond motifs is 1. The van der Waals surface area contributed by atoms with Gasteiger partial charge in [0.25, 0.3) is 0 Å². The number of nitrogens with zero attached hydrogens (tertiary/aromatic N) is 2. The second-order valence-electron chi connectivity index (χ2n) is 2.28. The zero-order valence-electron chi connectivity index (χ0n) is 6.73. The van der Waals surface area contributed by atoms with Gasteiger partial charge in [-0.1, -0.05) is 0 Å². The van der Waals surface area contributed by atoms with Crippen molar-refractivity contribution < 1.29 is 0 Å². The smallest absolute Gasteiger partial charge is 0.177 e. The van der Waals surface area contributed by atoms with Gasteiger partial charge in [0.2, 0.25) is 0 Å². The van der Waals surface area contributed by atoms with E-state index in [0.717, 1.165) is 16.7 Å². The van der Waals surface area contributed by atoms with Crippen molar-refractivity contribution in [3.63, 3.8) is 0 Å². The first kappa shape index (κ1) is 12.2. The van der Waals surface area contributed by atoms with E-state index in [1.165, 1.54) is 0 Å². The average molecular weight is 221 g/mol. The number of nitrogens with two attached hydrogens (primary N) is 1. The number of hydrogen-bond donors (Lipinski definition) is 2. The van der Waals surface area contributed by atoms with Crippen molar-refractivity contribution >= 4 is 36.0 Å². The number of hydrogen-bond acceptors (Lipinski definition) is 3. The molecule has 2 aromatic heterocycles. The molecule has 2 heterocycles. The number of nitrogens with one attached hydrogen (secondary N) is 1. The molecule has 72 valence electrons. The highest BCUT2D eigenvalue weighted by molar-refractivity contribution is 5.85. The van der Waals surface area contributed by atoms with E-state index in [0.29, 0.717) is 6.54 Å². The Morgan fingerprint density at radius 3 is 2.77 bits per heavy atom. The third-order valence-corrected chi connectivity index (χ3v) is 1.63. The van der Waals surface area contributed by atoms with E-state index in [-0.39, 0.29) is 24.8 Å². The van der Waals surface area contributed by atoms with Crippen LogP contribution in [0.2, 0.25) is 0 Å². The van der Waals surface area contributed by atoms with Gasteiger partial charge in [-0.05, 0) is 11.6 Å². The summed E-state index contributed by atoms with van der Waals surface area (Å²) in [4.78, 5) is 11.0. The van der Waals surface area contributed by atoms with Crippen LogP contribution in [0.4, 0.5) is 0 Å². The molecule has 2 rings (SSSR count). The predicted octanol–water partition coefficient (Wildman–Crippen LogP) is 1.26. The average Bonchev–Trinajstić information content (AvgIpc) is 2.50. The van der Waals surface area contributed by atoms with Crippen molar-refractivity contribution in [2.24, 2.45) is 5.73 Å². The topological polar surface area (TPSA) is 67.6 Å². The number of pyridine rings is 1. The fourth-order valence-corrected chi connectivity index (χ4v) is 1.07. The highest BCUT2D eigenvalue weighted by atomic mass is 35.5. The van der Waals surface area contributed by atoms with Crippen LogP contribution in [0.1, 0.15) is 5.56 Å². The number of imidazole rings is 1. The van der Waals surface area contributed by atoms with Crippen LogP contribution in [0.15, 0.2) is 18.6 Å². The van der Waals surface area contributed by atoms with Gasteiger partial charge in [0.15, 0.2) is 5.65 Å². The molecule has 4 nitrogen and oxygen atoms in total. The van der Waals surface area contributed by atoms with Crippen LogP contribution in [-0.2, 0) is 6.54 Å². The van der Waals surface area contributed by atoms with Crippen LogP contribution in [0.5, 0.6) is 0 Å². The van der Waals surface area contributed by atoms with Crippen LogP contribution in [0.25, 0.3) is 11.2 Å². The summed E-state index contributed by atoms with van der Waals surface area (Å²) in [5.74, 6) is 0. The Balaban J connectivity index is 0.000000720. The molecule has 0 unspecified atom stereocenters. The molecule has 2 aromatic rings. The van der Waals surface area contributed by atoms with Gasteiger partial charge in [-0.25, -0.2) is 9.97 Å². The molecular weight excluding hydrogens is 211 g/mol. The highest BCUT2D eigenvalue weighted by Crippen LogP contribution is 2.10. The van der Waals surface area contributed by atoms with Crippen molar-refractivity contribution in [2.75, 3.05) is 0 Å². The van der Waals surface area contributed by atoms with Gasteiger partial charge in [0.1, 0.15) is 0 Å². The van der Waals surface area contributed by atoms with Crippen molar-refractivity contribution in [2.45, 2.75) is 6.54 Å². The first-order valence-electron chi connectivity index (χ1n) is 3.39. The quantitative estimate of drug-likeness (QED) is 0.761. The molecule has 0 aromatic carbocycles. The minimum absolute atomic E-state index is 0. The Labute approximate surface area is 87.8 Å². The van der Waals surface area contributed by atoms with Gasteiger partial charge in [0.05, 0.1) is 11.8 Å². The molecule has 0 fully saturated rings. The van der Waals surface area contributed by atoms with E-state index in [4.69, 9.17) is 5.73 Å². The minimum atomic E-state index is 0. The molecule has 0 radical (unpaired) electrons. The second-order valence-corrected chi connectivity index (χ2v) is 2.28. The normalized spacial score (nSPS) is 9.00. The zero-order chi connectivity index (χ0) is 7.68. The second kappa shape index (κ2) is 5.01. The van der Waals surface area contributed by atoms with Crippen LogP contribution < -0.4 is 5.73 Å². The fourth-order valence-electron chi connectivity index (χ4n) is 1.07. The van der Waals surface area contributed by atoms with Crippen LogP contribution >= 0.6 is 24.8 Å². The van der Waals surface area contributed by atoms with Crippen molar-refractivity contribution in [1.82, 2.24) is 15.0 Å². The van der Waals surface area contributed by atoms with Crippen LogP contribution in [-0.4, -0.2) is 15.0 Å². The van der Waals surface area contributed by atoms with Gasteiger partial charge in [0, 0.05) is 12.7 Å². The number of aromatic amines is 1. The zero-order valence-corrected chi connectivity index (χ0v) is 8.36. The molecule has 3 N–H and O–H groups in total. The Morgan fingerprint density at radius 2 is 2.08 bits per heavy atom. The largest absolute Gasteiger partial charge is 0.343 e. The standard InChI is InChI=1S/C7H8N4.2ClH/c8-3-5-1-2-9-7-6(5)10-4-11-7;;/h1-2,4H,3,8H2,(H,9,10,11);2*1H. The lowest BCUT2D eigenvalue weighted by Gasteiger charge is -1.95. The highest BCUT2D eigenvalue weighted by Gasteiger charge is 2.00. The minimum Gasteiger partial charge on any atom is -0.343 e. The molecule has 0 amide bonds. The summed E-state index contributed by atoms with van der Waals surface area (Å²) < 4.78 is 0. The molecule has 0 atom stereocenters. The van der Waals surface area contributed by atoms with Crippen molar-refractivity contribution in [3.05, 3.63) is 24.2 Å². The van der Waals surface area contributed by atoms with Crippen LogP contribution in [0, 0.1) is 0 Å². The molecule has 0 spiro atoms. The predicted molar refractivity (Wildman–Crippen MR) is 56.3 cm³/mol. The molecule has 0 aliphatic heterocycles. The maximum Gasteiger partial charge on any atom is 0.177 e. The molecule has 0 saturated carbocycles. The first-order valence-corrected chi connectivity index (χ1v) is 3.39. The number of aromatic nitrogens is 3. The van der Waals surface area contributed by atoms with E-state index in [1.807, 2.05) is 6.07 Å². The van der Waals surface area contributed by atoms with E-state index < -0.39 is 0 Å². The molecule has 13 heavy (non-hydrogen) atoms. The summed E-state index contributed by atoms with van der Waals surface area (Å²) in [7, 11) is 0. The molecule has 0 saturated heterocycles. The maximum absolute atomic E-state index is 5.50. The van der Waals surface area contributed by atoms with Crippen LogP contribution in [0.3, 0.4) is 0 Å². The monoisotopic (exact) mass is 220 g/mol. The first-order chi connectivity index (χ1) is 5.42. The summed E-state index contributed by atoms with van der Waals surface area (Å²) in [5.41, 5.74) is 8.22. The van der Waals surface area contributed by atoms with Crippen molar-refractivity contribution in [1.29, 1.82) is 0 Å². The number of H-pyrrole nitrogens is 1. The maximum atomic E-state index is 5.50. The Bertz CT molecular complexity index is 373. The molecular formula is C7H10Cl2N4. The Morgan fingerprint density at radius 1 is 1.31 bits per heavy atom. The summed E-state index contributed by atoms with van der Waals surface area (Å²) in [6, 6.07) is 1.89. The summed E-state index contributed by atoms with van der Waals surface area (Å²) in [5, 5.41) is 0. The lowest BCUT2D eigenvalue weighted by Crippen LogP contribution is -1.97. The molecule has 0 aliphatic carbocycles. The number of rotatable bonds is 1. The van der Waals surface area contributed by atoms with E-state index in [9.17, 15) is 0 Å². The molecule has 0 bridgehead atoms. The van der Waals surface area contributed by atoms with Gasteiger partial charge in [-0.3, -0.25) is 0 Å². The van der Waals surface area contributed by atoms with E-state index in [1.54, 1.807) is 12.5 Å². The van der Waals surface area contributed by atoms with Gasteiger partial charge in [-0.15, -0.1) is 24.8 Å². The summed E-state index contributed by atoms with van der Waals surface area (Å²) in [6.07, 6.45) is 3.34. The Kier molecular flexibility index (Phi) is 4.69. The molecule has 0 aliphatic rings. The van der Waals surface area contributed by atoms with E-state index >= 15 is 0 Å². The SMILES string of the molecule is Cl.Cl.NCc1ccnc2nc[nH]c12. The summed E-state index contributed by atoms with van der Waals surface area (Å²) >= 11 is 0. The van der Waals surface area contributed by atoms with Gasteiger partial charge in [-0.2, -0.15) is 0 Å². The van der Waals surface area contributed by atoms with E-state index in [2.05, 4.69) is 15.0 Å².